The molecule has 0 N–H and O–H groups in total. The van der Waals surface area contributed by atoms with E-state index in [1.54, 1.807) is 7.11 Å². The fourth-order valence-electron chi connectivity index (χ4n) is 3.38. The number of hydrogen-bond acceptors (Lipinski definition) is 3. The predicted molar refractivity (Wildman–Crippen MR) is 111 cm³/mol. The van der Waals surface area contributed by atoms with Gasteiger partial charge in [0.05, 0.1) is 13.7 Å². The van der Waals surface area contributed by atoms with Crippen molar-refractivity contribution in [2.75, 3.05) is 31.0 Å². The lowest BCUT2D eigenvalue weighted by molar-refractivity contribution is -0.122. The number of carbonyl (C=O) groups is 1. The Bertz CT molecular complexity index is 779. The van der Waals surface area contributed by atoms with E-state index in [4.69, 9.17) is 4.74 Å². The van der Waals surface area contributed by atoms with E-state index in [2.05, 4.69) is 41.3 Å². The maximum atomic E-state index is 13.3. The van der Waals surface area contributed by atoms with Crippen molar-refractivity contribution in [3.8, 4) is 5.75 Å². The topological polar surface area (TPSA) is 32.8 Å². The molecule has 4 nitrogen and oxygen atoms in total. The molecule has 0 aromatic heterocycles. The van der Waals surface area contributed by atoms with Gasteiger partial charge in [-0.25, -0.2) is 0 Å². The molecule has 1 amide bonds. The Hall–Kier alpha value is -2.75. The van der Waals surface area contributed by atoms with Gasteiger partial charge in [-0.2, -0.15) is 0 Å². The summed E-state index contributed by atoms with van der Waals surface area (Å²) in [6, 6.07) is 16.1. The zero-order valence-electron chi connectivity index (χ0n) is 16.4. The molecule has 0 spiro atoms. The van der Waals surface area contributed by atoms with Crippen LogP contribution in [-0.4, -0.2) is 27.1 Å². The van der Waals surface area contributed by atoms with Gasteiger partial charge in [0, 0.05) is 31.4 Å². The van der Waals surface area contributed by atoms with E-state index < -0.39 is 0 Å². The summed E-state index contributed by atoms with van der Waals surface area (Å²) in [4.78, 5) is 17.3. The van der Waals surface area contributed by atoms with Gasteiger partial charge in [0.25, 0.3) is 0 Å². The van der Waals surface area contributed by atoms with Crippen molar-refractivity contribution in [1.82, 2.24) is 0 Å². The van der Waals surface area contributed by atoms with Gasteiger partial charge in [-0.15, -0.1) is 0 Å². The Balaban J connectivity index is 1.86. The van der Waals surface area contributed by atoms with Crippen LogP contribution in [0.3, 0.4) is 0 Å². The maximum Gasteiger partial charge on any atom is 0.230 e. The molecule has 2 aromatic rings. The molecule has 4 heteroatoms. The van der Waals surface area contributed by atoms with E-state index in [0.29, 0.717) is 6.54 Å². The van der Waals surface area contributed by atoms with Crippen molar-refractivity contribution < 1.29 is 9.53 Å². The molecular formula is C23H28N2O2. The average Bonchev–Trinajstić information content (AvgIpc) is 2.72. The summed E-state index contributed by atoms with van der Waals surface area (Å²) in [5.41, 5.74) is 3.18. The van der Waals surface area contributed by atoms with Gasteiger partial charge in [0.15, 0.2) is 0 Å². The van der Waals surface area contributed by atoms with Crippen LogP contribution in [0.25, 0.3) is 0 Å². The van der Waals surface area contributed by atoms with Gasteiger partial charge in [-0.3, -0.25) is 4.79 Å². The first-order valence-corrected chi connectivity index (χ1v) is 9.45. The summed E-state index contributed by atoms with van der Waals surface area (Å²) in [7, 11) is 5.70. The number of amides is 1. The van der Waals surface area contributed by atoms with Crippen LogP contribution in [0.5, 0.6) is 5.75 Å². The summed E-state index contributed by atoms with van der Waals surface area (Å²) in [6.45, 7) is 0.569. The molecule has 0 radical (unpaired) electrons. The molecule has 0 bridgehead atoms. The van der Waals surface area contributed by atoms with Crippen molar-refractivity contribution in [3.05, 3.63) is 66.2 Å². The molecular weight excluding hydrogens is 336 g/mol. The van der Waals surface area contributed by atoms with Crippen LogP contribution < -0.4 is 14.5 Å². The number of benzene rings is 2. The fraction of sp³-hybridized carbons (Fsp3) is 0.348. The highest BCUT2D eigenvalue weighted by atomic mass is 16.5. The number of hydrogen-bond donors (Lipinski definition) is 0. The van der Waals surface area contributed by atoms with E-state index in [0.717, 1.165) is 42.0 Å². The van der Waals surface area contributed by atoms with Gasteiger partial charge in [0.2, 0.25) is 5.91 Å². The number of anilines is 2. The summed E-state index contributed by atoms with van der Waals surface area (Å²) in [5, 5.41) is 0. The maximum absolute atomic E-state index is 13.3. The lowest BCUT2D eigenvalue weighted by Gasteiger charge is -2.28. The molecule has 0 saturated carbocycles. The Labute approximate surface area is 162 Å². The van der Waals surface area contributed by atoms with Gasteiger partial charge in [0.1, 0.15) is 5.75 Å². The summed E-state index contributed by atoms with van der Waals surface area (Å²) < 4.78 is 5.26. The van der Waals surface area contributed by atoms with Crippen molar-refractivity contribution in [2.24, 2.45) is 5.92 Å². The molecule has 0 aliphatic heterocycles. The lowest BCUT2D eigenvalue weighted by Crippen LogP contribution is -2.36. The summed E-state index contributed by atoms with van der Waals surface area (Å²) >= 11 is 0. The van der Waals surface area contributed by atoms with Crippen LogP contribution in [-0.2, 0) is 11.3 Å². The largest absolute Gasteiger partial charge is 0.497 e. The third-order valence-corrected chi connectivity index (χ3v) is 5.06. The van der Waals surface area contributed by atoms with Crippen molar-refractivity contribution in [2.45, 2.75) is 25.8 Å². The highest BCUT2D eigenvalue weighted by molar-refractivity contribution is 5.95. The molecule has 0 fully saturated rings. The van der Waals surface area contributed by atoms with Crippen LogP contribution in [0.1, 0.15) is 24.8 Å². The molecule has 2 aromatic carbocycles. The normalized spacial score (nSPS) is 16.0. The second-order valence-electron chi connectivity index (χ2n) is 7.16. The van der Waals surface area contributed by atoms with Crippen LogP contribution in [0, 0.1) is 5.92 Å². The first-order valence-electron chi connectivity index (χ1n) is 9.45. The monoisotopic (exact) mass is 364 g/mol. The minimum atomic E-state index is 0.0538. The summed E-state index contributed by atoms with van der Waals surface area (Å²) in [6.07, 6.45) is 7.02. The van der Waals surface area contributed by atoms with Crippen molar-refractivity contribution in [1.29, 1.82) is 0 Å². The van der Waals surface area contributed by atoms with E-state index >= 15 is 0 Å². The Morgan fingerprint density at radius 2 is 1.67 bits per heavy atom. The third kappa shape index (κ3) is 4.70. The second-order valence-corrected chi connectivity index (χ2v) is 7.16. The molecule has 142 valence electrons. The minimum absolute atomic E-state index is 0.0538. The Morgan fingerprint density at radius 3 is 2.22 bits per heavy atom. The smallest absolute Gasteiger partial charge is 0.230 e. The van der Waals surface area contributed by atoms with E-state index in [9.17, 15) is 4.79 Å². The minimum Gasteiger partial charge on any atom is -0.497 e. The number of carbonyl (C=O) groups excluding carboxylic acids is 1. The molecule has 0 saturated heterocycles. The Kier molecular flexibility index (Phi) is 6.17. The van der Waals surface area contributed by atoms with Crippen LogP contribution in [0.15, 0.2) is 60.7 Å². The number of rotatable bonds is 6. The Morgan fingerprint density at radius 1 is 1.00 bits per heavy atom. The van der Waals surface area contributed by atoms with Gasteiger partial charge < -0.3 is 14.5 Å². The first-order chi connectivity index (χ1) is 13.1. The number of ether oxygens (including phenoxy) is 1. The van der Waals surface area contributed by atoms with E-state index in [1.807, 2.05) is 43.3 Å². The zero-order chi connectivity index (χ0) is 19.2. The molecule has 1 aliphatic carbocycles. The third-order valence-electron chi connectivity index (χ3n) is 5.06. The fourth-order valence-corrected chi connectivity index (χ4v) is 3.38. The van der Waals surface area contributed by atoms with Crippen molar-refractivity contribution >= 4 is 17.3 Å². The number of allylic oxidation sites excluding steroid dienone is 2. The molecule has 1 aliphatic rings. The highest BCUT2D eigenvalue weighted by Gasteiger charge is 2.25. The first kappa shape index (κ1) is 19.0. The predicted octanol–water partition coefficient (Wildman–Crippen LogP) is 4.65. The quantitative estimate of drug-likeness (QED) is 0.700. The molecule has 27 heavy (non-hydrogen) atoms. The molecule has 3 rings (SSSR count). The number of methoxy groups -OCH3 is 1. The average molecular weight is 364 g/mol. The van der Waals surface area contributed by atoms with Crippen LogP contribution >= 0.6 is 0 Å². The van der Waals surface area contributed by atoms with E-state index in [-0.39, 0.29) is 11.8 Å². The van der Waals surface area contributed by atoms with Crippen LogP contribution in [0.4, 0.5) is 11.4 Å². The van der Waals surface area contributed by atoms with Crippen molar-refractivity contribution in [3.63, 3.8) is 0 Å². The van der Waals surface area contributed by atoms with Gasteiger partial charge in [-0.1, -0.05) is 24.3 Å². The van der Waals surface area contributed by atoms with E-state index in [1.165, 1.54) is 0 Å². The standard InChI is InChI=1S/C23H28N2O2/c1-24(2)20-11-9-18(10-12-20)17-25(21-13-15-22(27-3)16-14-21)23(26)19-7-5-4-6-8-19/h4-5,9-16,19H,6-8,17H2,1-3H3/t19-/m1/s1. The second kappa shape index (κ2) is 8.76. The highest BCUT2D eigenvalue weighted by Crippen LogP contribution is 2.27. The lowest BCUT2D eigenvalue weighted by atomic mass is 9.92. The molecule has 0 unspecified atom stereocenters. The zero-order valence-corrected chi connectivity index (χ0v) is 16.4. The molecule has 1 atom stereocenters. The number of nitrogens with zero attached hydrogens (tertiary/aromatic N) is 2. The summed E-state index contributed by atoms with van der Waals surface area (Å²) in [5.74, 6) is 1.04. The van der Waals surface area contributed by atoms with Gasteiger partial charge in [-0.05, 0) is 61.2 Å². The van der Waals surface area contributed by atoms with Crippen LogP contribution in [0.2, 0.25) is 0 Å². The SMILES string of the molecule is COc1ccc(N(Cc2ccc(N(C)C)cc2)C(=O)[C@@H]2CC=CCC2)cc1. The molecule has 0 heterocycles. The van der Waals surface area contributed by atoms with Gasteiger partial charge >= 0.3 is 0 Å².